The first kappa shape index (κ1) is 15.6. The molecule has 6 nitrogen and oxygen atoms in total. The van der Waals surface area contributed by atoms with Crippen LogP contribution in [0.3, 0.4) is 0 Å². The van der Waals surface area contributed by atoms with E-state index in [0.29, 0.717) is 4.70 Å². The van der Waals surface area contributed by atoms with Gasteiger partial charge in [0.2, 0.25) is 0 Å². The van der Waals surface area contributed by atoms with Crippen LogP contribution >= 0.6 is 11.3 Å². The quantitative estimate of drug-likeness (QED) is 0.567. The summed E-state index contributed by atoms with van der Waals surface area (Å²) >= 11 is 1.40. The number of benzene rings is 1. The lowest BCUT2D eigenvalue weighted by atomic mass is 10.2. The molecular weight excluding hydrogens is 336 g/mol. The molecular formula is C18H16N4O2S. The second-order valence-corrected chi connectivity index (χ2v) is 6.80. The predicted octanol–water partition coefficient (Wildman–Crippen LogP) is 3.07. The summed E-state index contributed by atoms with van der Waals surface area (Å²) < 4.78 is 7.49. The Labute approximate surface area is 147 Å². The van der Waals surface area contributed by atoms with Crippen LogP contribution in [0.2, 0.25) is 0 Å². The van der Waals surface area contributed by atoms with Crippen molar-refractivity contribution in [1.82, 2.24) is 14.5 Å². The smallest absolute Gasteiger partial charge is 0.273 e. The van der Waals surface area contributed by atoms with Crippen LogP contribution in [0.15, 0.2) is 47.7 Å². The SMILES string of the molecule is COc1ccc(-n2ccc3c(sc4ncnc(N(C)C)c43)c2=O)cc1. The van der Waals surface area contributed by atoms with E-state index in [0.717, 1.165) is 32.9 Å². The number of ether oxygens (including phenoxy) is 1. The number of fused-ring (bicyclic) bond motifs is 3. The van der Waals surface area contributed by atoms with Crippen molar-refractivity contribution in [3.8, 4) is 11.4 Å². The summed E-state index contributed by atoms with van der Waals surface area (Å²) in [5.74, 6) is 1.57. The Hall–Kier alpha value is -2.93. The van der Waals surface area contributed by atoms with Crippen molar-refractivity contribution < 1.29 is 4.74 Å². The zero-order chi connectivity index (χ0) is 17.6. The Bertz CT molecular complexity index is 1130. The fourth-order valence-corrected chi connectivity index (χ4v) is 3.93. The summed E-state index contributed by atoms with van der Waals surface area (Å²) in [6.07, 6.45) is 3.33. The van der Waals surface area contributed by atoms with Crippen molar-refractivity contribution in [3.63, 3.8) is 0 Å². The van der Waals surface area contributed by atoms with Crippen LogP contribution in [0.25, 0.3) is 26.0 Å². The first-order valence-corrected chi connectivity index (χ1v) is 8.52. The van der Waals surface area contributed by atoms with Crippen LogP contribution < -0.4 is 15.2 Å². The van der Waals surface area contributed by atoms with Crippen molar-refractivity contribution in [2.45, 2.75) is 0 Å². The summed E-state index contributed by atoms with van der Waals surface area (Å²) in [4.78, 5) is 24.5. The van der Waals surface area contributed by atoms with E-state index in [9.17, 15) is 4.79 Å². The molecule has 4 aromatic rings. The number of methoxy groups -OCH3 is 1. The Kier molecular flexibility index (Phi) is 3.65. The van der Waals surface area contributed by atoms with Gasteiger partial charge < -0.3 is 9.64 Å². The van der Waals surface area contributed by atoms with E-state index in [2.05, 4.69) is 9.97 Å². The molecule has 126 valence electrons. The Morgan fingerprint density at radius 1 is 1.12 bits per heavy atom. The number of aromatic nitrogens is 3. The van der Waals surface area contributed by atoms with E-state index in [-0.39, 0.29) is 5.56 Å². The van der Waals surface area contributed by atoms with Crippen LogP contribution in [0, 0.1) is 0 Å². The molecule has 25 heavy (non-hydrogen) atoms. The van der Waals surface area contributed by atoms with Gasteiger partial charge in [-0.05, 0) is 30.3 Å². The van der Waals surface area contributed by atoms with Gasteiger partial charge in [0.15, 0.2) is 0 Å². The maximum absolute atomic E-state index is 13.0. The van der Waals surface area contributed by atoms with Gasteiger partial charge in [-0.3, -0.25) is 9.36 Å². The summed E-state index contributed by atoms with van der Waals surface area (Å²) in [6.45, 7) is 0. The second kappa shape index (κ2) is 5.86. The molecule has 0 fully saturated rings. The molecule has 0 bridgehead atoms. The van der Waals surface area contributed by atoms with Gasteiger partial charge >= 0.3 is 0 Å². The molecule has 4 rings (SSSR count). The molecule has 0 aliphatic heterocycles. The minimum atomic E-state index is -0.0598. The molecule has 0 aliphatic carbocycles. The number of nitrogens with zero attached hydrogens (tertiary/aromatic N) is 4. The monoisotopic (exact) mass is 352 g/mol. The van der Waals surface area contributed by atoms with Crippen molar-refractivity contribution in [2.24, 2.45) is 0 Å². The summed E-state index contributed by atoms with van der Waals surface area (Å²) in [7, 11) is 5.49. The first-order chi connectivity index (χ1) is 12.1. The van der Waals surface area contributed by atoms with Gasteiger partial charge in [0.05, 0.1) is 12.5 Å². The van der Waals surface area contributed by atoms with Gasteiger partial charge in [-0.25, -0.2) is 9.97 Å². The van der Waals surface area contributed by atoms with Crippen LogP contribution in [-0.2, 0) is 0 Å². The number of hydrogen-bond acceptors (Lipinski definition) is 6. The Morgan fingerprint density at radius 3 is 2.56 bits per heavy atom. The molecule has 0 saturated heterocycles. The fourth-order valence-electron chi connectivity index (χ4n) is 2.87. The third kappa shape index (κ3) is 2.44. The molecule has 0 N–H and O–H groups in total. The van der Waals surface area contributed by atoms with E-state index >= 15 is 0 Å². The number of rotatable bonds is 3. The molecule has 0 unspecified atom stereocenters. The van der Waals surface area contributed by atoms with Gasteiger partial charge in [0, 0.05) is 31.4 Å². The molecule has 0 spiro atoms. The molecule has 1 aromatic carbocycles. The van der Waals surface area contributed by atoms with E-state index in [4.69, 9.17) is 4.74 Å². The third-order valence-electron chi connectivity index (χ3n) is 4.08. The lowest BCUT2D eigenvalue weighted by Gasteiger charge is -2.12. The van der Waals surface area contributed by atoms with Crippen LogP contribution in [-0.4, -0.2) is 35.7 Å². The van der Waals surface area contributed by atoms with Crippen molar-refractivity contribution in [3.05, 3.63) is 53.2 Å². The molecule has 3 aromatic heterocycles. The van der Waals surface area contributed by atoms with E-state index in [1.807, 2.05) is 49.3 Å². The fraction of sp³-hybridized carbons (Fsp3) is 0.167. The number of pyridine rings is 1. The van der Waals surface area contributed by atoms with Crippen LogP contribution in [0.1, 0.15) is 0 Å². The second-order valence-electron chi connectivity index (χ2n) is 5.81. The topological polar surface area (TPSA) is 60.2 Å². The highest BCUT2D eigenvalue weighted by Crippen LogP contribution is 2.35. The summed E-state index contributed by atoms with van der Waals surface area (Å²) in [5, 5.41) is 1.81. The minimum absolute atomic E-state index is 0.0598. The highest BCUT2D eigenvalue weighted by atomic mass is 32.1. The molecule has 0 atom stereocenters. The Morgan fingerprint density at radius 2 is 1.88 bits per heavy atom. The van der Waals surface area contributed by atoms with Gasteiger partial charge in [0.25, 0.3) is 5.56 Å². The van der Waals surface area contributed by atoms with Crippen LogP contribution in [0.5, 0.6) is 5.75 Å². The number of thiophene rings is 1. The lowest BCUT2D eigenvalue weighted by Crippen LogP contribution is -2.16. The summed E-state index contributed by atoms with van der Waals surface area (Å²) in [6, 6.07) is 9.37. The van der Waals surface area contributed by atoms with Crippen molar-refractivity contribution in [2.75, 3.05) is 26.1 Å². The Balaban J connectivity index is 1.98. The molecule has 7 heteroatoms. The molecule has 0 amide bonds. The molecule has 0 saturated carbocycles. The van der Waals surface area contributed by atoms with Crippen LogP contribution in [0.4, 0.5) is 5.82 Å². The first-order valence-electron chi connectivity index (χ1n) is 7.71. The maximum Gasteiger partial charge on any atom is 0.273 e. The van der Waals surface area contributed by atoms with Gasteiger partial charge in [-0.1, -0.05) is 0 Å². The standard InChI is InChI=1S/C18H16N4O2S/c1-21(2)16-14-13-8-9-22(11-4-6-12(24-3)7-5-11)18(23)15(13)25-17(14)20-10-19-16/h4-10H,1-3H3. The van der Waals surface area contributed by atoms with Crippen molar-refractivity contribution >= 4 is 37.5 Å². The highest BCUT2D eigenvalue weighted by Gasteiger charge is 2.16. The average Bonchev–Trinajstić information content (AvgIpc) is 3.02. The van der Waals surface area contributed by atoms with Gasteiger partial charge in [-0.2, -0.15) is 0 Å². The zero-order valence-electron chi connectivity index (χ0n) is 14.1. The predicted molar refractivity (Wildman–Crippen MR) is 101 cm³/mol. The molecule has 0 aliphatic rings. The largest absolute Gasteiger partial charge is 0.497 e. The minimum Gasteiger partial charge on any atom is -0.497 e. The van der Waals surface area contributed by atoms with E-state index < -0.39 is 0 Å². The third-order valence-corrected chi connectivity index (χ3v) is 5.18. The van der Waals surface area contributed by atoms with Crippen molar-refractivity contribution in [1.29, 1.82) is 0 Å². The molecule has 0 radical (unpaired) electrons. The van der Waals surface area contributed by atoms with Gasteiger partial charge in [-0.15, -0.1) is 11.3 Å². The maximum atomic E-state index is 13.0. The average molecular weight is 352 g/mol. The van der Waals surface area contributed by atoms with E-state index in [1.165, 1.54) is 17.7 Å². The number of hydrogen-bond donors (Lipinski definition) is 0. The zero-order valence-corrected chi connectivity index (χ0v) is 14.9. The number of anilines is 1. The normalized spacial score (nSPS) is 11.2. The summed E-state index contributed by atoms with van der Waals surface area (Å²) in [5.41, 5.74) is 0.736. The van der Waals surface area contributed by atoms with Gasteiger partial charge in [0.1, 0.15) is 27.4 Å². The highest BCUT2D eigenvalue weighted by molar-refractivity contribution is 7.25. The lowest BCUT2D eigenvalue weighted by molar-refractivity contribution is 0.414. The van der Waals surface area contributed by atoms with E-state index in [1.54, 1.807) is 17.9 Å². The molecule has 3 heterocycles.